The van der Waals surface area contributed by atoms with Gasteiger partial charge in [-0.15, -0.1) is 0 Å². The van der Waals surface area contributed by atoms with E-state index < -0.39 is 8.56 Å². The Labute approximate surface area is 122 Å². The molecule has 0 amide bonds. The summed E-state index contributed by atoms with van der Waals surface area (Å²) in [5.74, 6) is 0. The first kappa shape index (κ1) is 19.1. The van der Waals surface area contributed by atoms with Crippen LogP contribution in [0.4, 0.5) is 0 Å². The molecule has 0 saturated carbocycles. The van der Waals surface area contributed by atoms with Gasteiger partial charge in [0, 0.05) is 14.2 Å². The molecule has 0 unspecified atom stereocenters. The highest BCUT2D eigenvalue weighted by molar-refractivity contribution is 6.67. The zero-order valence-electron chi connectivity index (χ0n) is 13.8. The van der Waals surface area contributed by atoms with Crippen molar-refractivity contribution in [1.29, 1.82) is 0 Å². The molecule has 0 aliphatic heterocycles. The van der Waals surface area contributed by atoms with E-state index in [2.05, 4.69) is 13.8 Å². The van der Waals surface area contributed by atoms with Crippen LogP contribution in [0.1, 0.15) is 78.1 Å². The summed E-state index contributed by atoms with van der Waals surface area (Å²) >= 11 is 0. The van der Waals surface area contributed by atoms with Crippen molar-refractivity contribution in [1.82, 2.24) is 0 Å². The summed E-state index contributed by atoms with van der Waals surface area (Å²) in [6.45, 7) is 4.49. The maximum atomic E-state index is 5.72. The molecule has 19 heavy (non-hydrogen) atoms. The SMILES string of the molecule is CCCCCCCCCCC[Si](CCC)(OC)OC. The summed E-state index contributed by atoms with van der Waals surface area (Å²) in [6.07, 6.45) is 13.6. The molecule has 0 aromatic rings. The number of hydrogen-bond donors (Lipinski definition) is 0. The lowest BCUT2D eigenvalue weighted by Gasteiger charge is -2.27. The van der Waals surface area contributed by atoms with Crippen LogP contribution in [0, 0.1) is 0 Å². The third-order valence-electron chi connectivity index (χ3n) is 4.04. The average Bonchev–Trinajstić information content (AvgIpc) is 2.44. The Morgan fingerprint density at radius 2 is 1.05 bits per heavy atom. The van der Waals surface area contributed by atoms with Crippen molar-refractivity contribution in [3.63, 3.8) is 0 Å². The van der Waals surface area contributed by atoms with Crippen LogP contribution in [-0.4, -0.2) is 22.8 Å². The van der Waals surface area contributed by atoms with E-state index in [1.54, 1.807) is 0 Å². The van der Waals surface area contributed by atoms with Crippen LogP contribution in [0.15, 0.2) is 0 Å². The molecule has 0 radical (unpaired) electrons. The molecule has 2 nitrogen and oxygen atoms in total. The summed E-state index contributed by atoms with van der Waals surface area (Å²) < 4.78 is 11.4. The summed E-state index contributed by atoms with van der Waals surface area (Å²) in [5.41, 5.74) is 0. The Bertz CT molecular complexity index is 182. The van der Waals surface area contributed by atoms with Crippen LogP contribution in [0.25, 0.3) is 0 Å². The topological polar surface area (TPSA) is 18.5 Å². The third kappa shape index (κ3) is 9.64. The lowest BCUT2D eigenvalue weighted by Crippen LogP contribution is -2.39. The van der Waals surface area contributed by atoms with Crippen LogP contribution in [0.3, 0.4) is 0 Å². The summed E-state index contributed by atoms with van der Waals surface area (Å²) in [7, 11) is 1.84. The van der Waals surface area contributed by atoms with Gasteiger partial charge in [-0.2, -0.15) is 0 Å². The Morgan fingerprint density at radius 1 is 0.579 bits per heavy atom. The van der Waals surface area contributed by atoms with Gasteiger partial charge >= 0.3 is 8.56 Å². The Hall–Kier alpha value is 0.137. The lowest BCUT2D eigenvalue weighted by molar-refractivity contribution is 0.239. The normalized spacial score (nSPS) is 12.0. The number of unbranched alkanes of at least 4 members (excludes halogenated alkanes) is 8. The highest BCUT2D eigenvalue weighted by atomic mass is 28.4. The van der Waals surface area contributed by atoms with Crippen molar-refractivity contribution < 1.29 is 8.85 Å². The van der Waals surface area contributed by atoms with E-state index in [4.69, 9.17) is 8.85 Å². The molecule has 0 heterocycles. The van der Waals surface area contributed by atoms with Crippen LogP contribution < -0.4 is 0 Å². The van der Waals surface area contributed by atoms with Gasteiger partial charge in [0.25, 0.3) is 0 Å². The molecule has 0 rings (SSSR count). The number of rotatable bonds is 14. The minimum Gasteiger partial charge on any atom is -0.398 e. The largest absolute Gasteiger partial charge is 0.398 e. The van der Waals surface area contributed by atoms with Gasteiger partial charge < -0.3 is 8.85 Å². The van der Waals surface area contributed by atoms with E-state index >= 15 is 0 Å². The smallest absolute Gasteiger partial charge is 0.337 e. The van der Waals surface area contributed by atoms with Crippen molar-refractivity contribution in [2.24, 2.45) is 0 Å². The molecular weight excluding hydrogens is 252 g/mol. The van der Waals surface area contributed by atoms with Gasteiger partial charge in [0.2, 0.25) is 0 Å². The van der Waals surface area contributed by atoms with Crippen molar-refractivity contribution in [3.8, 4) is 0 Å². The highest BCUT2D eigenvalue weighted by Crippen LogP contribution is 2.23. The van der Waals surface area contributed by atoms with E-state index in [9.17, 15) is 0 Å². The number of hydrogen-bond acceptors (Lipinski definition) is 2. The molecule has 0 saturated heterocycles. The van der Waals surface area contributed by atoms with E-state index in [1.807, 2.05) is 14.2 Å². The first-order valence-electron chi connectivity index (χ1n) is 8.35. The van der Waals surface area contributed by atoms with Crippen LogP contribution >= 0.6 is 0 Å². The molecule has 0 aliphatic rings. The highest BCUT2D eigenvalue weighted by Gasteiger charge is 2.33. The fraction of sp³-hybridized carbons (Fsp3) is 1.00. The van der Waals surface area contributed by atoms with Gasteiger partial charge in [0.05, 0.1) is 0 Å². The van der Waals surface area contributed by atoms with Crippen LogP contribution in [-0.2, 0) is 8.85 Å². The van der Waals surface area contributed by atoms with Gasteiger partial charge in [0.15, 0.2) is 0 Å². The van der Waals surface area contributed by atoms with Crippen LogP contribution in [0.2, 0.25) is 12.1 Å². The standard InChI is InChI=1S/C16H36O2Si/c1-5-7-8-9-10-11-12-13-14-16-19(17-3,18-4)15-6-2/h5-16H2,1-4H3. The van der Waals surface area contributed by atoms with Crippen LogP contribution in [0.5, 0.6) is 0 Å². The Morgan fingerprint density at radius 3 is 1.47 bits per heavy atom. The quantitative estimate of drug-likeness (QED) is 0.303. The predicted octanol–water partition coefficient (Wildman–Crippen LogP) is 5.66. The molecule has 0 bridgehead atoms. The summed E-state index contributed by atoms with van der Waals surface area (Å²) in [5, 5.41) is 0. The van der Waals surface area contributed by atoms with Gasteiger partial charge in [-0.25, -0.2) is 0 Å². The van der Waals surface area contributed by atoms with E-state index in [0.717, 1.165) is 6.04 Å². The Balaban J connectivity index is 3.50. The molecule has 0 atom stereocenters. The van der Waals surface area contributed by atoms with E-state index in [-0.39, 0.29) is 0 Å². The van der Waals surface area contributed by atoms with Crippen molar-refractivity contribution in [2.75, 3.05) is 14.2 Å². The second kappa shape index (κ2) is 13.1. The molecular formula is C16H36O2Si. The minimum absolute atomic E-state index is 1.14. The van der Waals surface area contributed by atoms with Gasteiger partial charge in [-0.05, 0) is 12.1 Å². The Kier molecular flexibility index (Phi) is 13.2. The average molecular weight is 289 g/mol. The first-order chi connectivity index (χ1) is 9.24. The minimum atomic E-state index is -1.83. The maximum absolute atomic E-state index is 5.72. The second-order valence-corrected chi connectivity index (χ2v) is 9.29. The molecule has 0 fully saturated rings. The fourth-order valence-electron chi connectivity index (χ4n) is 2.70. The van der Waals surface area contributed by atoms with E-state index in [1.165, 1.54) is 70.3 Å². The zero-order valence-corrected chi connectivity index (χ0v) is 14.8. The van der Waals surface area contributed by atoms with Crippen molar-refractivity contribution in [3.05, 3.63) is 0 Å². The van der Waals surface area contributed by atoms with Crippen molar-refractivity contribution >= 4 is 8.56 Å². The van der Waals surface area contributed by atoms with Gasteiger partial charge in [-0.1, -0.05) is 78.1 Å². The van der Waals surface area contributed by atoms with Gasteiger partial charge in [-0.3, -0.25) is 0 Å². The molecule has 0 aromatic carbocycles. The summed E-state index contributed by atoms with van der Waals surface area (Å²) in [6, 6.07) is 2.31. The summed E-state index contributed by atoms with van der Waals surface area (Å²) in [4.78, 5) is 0. The maximum Gasteiger partial charge on any atom is 0.337 e. The first-order valence-corrected chi connectivity index (χ1v) is 10.6. The van der Waals surface area contributed by atoms with E-state index in [0.29, 0.717) is 0 Å². The monoisotopic (exact) mass is 288 g/mol. The third-order valence-corrected chi connectivity index (χ3v) is 7.90. The predicted molar refractivity (Wildman–Crippen MR) is 86.9 cm³/mol. The van der Waals surface area contributed by atoms with Crippen molar-refractivity contribution in [2.45, 2.75) is 90.1 Å². The molecule has 0 N–H and O–H groups in total. The lowest BCUT2D eigenvalue weighted by atomic mass is 10.1. The second-order valence-electron chi connectivity index (χ2n) is 5.65. The molecule has 0 aromatic heterocycles. The fourth-order valence-corrected chi connectivity index (χ4v) is 5.49. The van der Waals surface area contributed by atoms with Gasteiger partial charge in [0.1, 0.15) is 0 Å². The zero-order chi connectivity index (χ0) is 14.4. The molecule has 3 heteroatoms. The molecule has 116 valence electrons. The molecule has 0 spiro atoms. The molecule has 0 aliphatic carbocycles.